The molecule has 7 nitrogen and oxygen atoms in total. The van der Waals surface area contributed by atoms with Gasteiger partial charge in [0.1, 0.15) is 17.2 Å². The van der Waals surface area contributed by atoms with Crippen LogP contribution in [0.3, 0.4) is 0 Å². The molecule has 2 aromatic rings. The van der Waals surface area contributed by atoms with Crippen molar-refractivity contribution in [1.82, 2.24) is 0 Å². The predicted molar refractivity (Wildman–Crippen MR) is 94.0 cm³/mol. The lowest BCUT2D eigenvalue weighted by molar-refractivity contribution is -0.137. The number of benzene rings is 2. The van der Waals surface area contributed by atoms with E-state index in [1.54, 1.807) is 0 Å². The molecule has 1 amide bonds. The normalized spacial score (nSPS) is 10.9. The molecule has 0 aromatic heterocycles. The molecule has 10 heteroatoms. The smallest absolute Gasteiger partial charge is 0.417 e. The van der Waals surface area contributed by atoms with E-state index in [0.29, 0.717) is 6.07 Å². The van der Waals surface area contributed by atoms with Crippen LogP contribution in [0, 0.1) is 5.41 Å². The molecule has 148 valence electrons. The van der Waals surface area contributed by atoms with Crippen molar-refractivity contribution in [2.24, 2.45) is 0 Å². The molecule has 0 aliphatic heterocycles. The molecule has 2 aromatic carbocycles. The summed E-state index contributed by atoms with van der Waals surface area (Å²) in [5.74, 6) is -0.642. The molecule has 28 heavy (non-hydrogen) atoms. The molecule has 0 radical (unpaired) electrons. The van der Waals surface area contributed by atoms with Crippen LogP contribution in [0.15, 0.2) is 30.3 Å². The number of aldehydes is 1. The molecule has 0 bridgehead atoms. The topological polar surface area (TPSA) is 109 Å². The van der Waals surface area contributed by atoms with Crippen molar-refractivity contribution in [3.05, 3.63) is 41.5 Å². The van der Waals surface area contributed by atoms with Crippen LogP contribution >= 0.6 is 0 Å². The summed E-state index contributed by atoms with van der Waals surface area (Å²) in [6.07, 6.45) is -5.55. The first-order chi connectivity index (χ1) is 13.1. The Hall–Kier alpha value is -3.56. The summed E-state index contributed by atoms with van der Waals surface area (Å²) in [7, 11) is 2.27. The zero-order valence-electron chi connectivity index (χ0n) is 14.7. The number of aromatic hydroxyl groups is 1. The highest BCUT2D eigenvalue weighted by Gasteiger charge is 2.35. The largest absolute Gasteiger partial charge is 0.507 e. The number of halogens is 3. The summed E-state index contributed by atoms with van der Waals surface area (Å²) in [6.45, 7) is 0. The van der Waals surface area contributed by atoms with Gasteiger partial charge in [-0.25, -0.2) is 4.79 Å². The van der Waals surface area contributed by atoms with Crippen molar-refractivity contribution in [2.75, 3.05) is 19.5 Å². The highest BCUT2D eigenvalue weighted by Crippen LogP contribution is 2.43. The maximum Gasteiger partial charge on any atom is 0.417 e. The third-order valence-corrected chi connectivity index (χ3v) is 3.77. The number of amides is 1. The van der Waals surface area contributed by atoms with E-state index in [-0.39, 0.29) is 34.4 Å². The number of carbonyl (C=O) groups excluding carboxylic acids is 2. The first-order valence-electron chi connectivity index (χ1n) is 7.64. The van der Waals surface area contributed by atoms with Crippen molar-refractivity contribution in [2.45, 2.75) is 6.18 Å². The van der Waals surface area contributed by atoms with Crippen LogP contribution in [0.4, 0.5) is 23.7 Å². The fourth-order valence-corrected chi connectivity index (χ4v) is 2.49. The number of ether oxygens (including phenoxy) is 2. The Morgan fingerprint density at radius 1 is 1.18 bits per heavy atom. The van der Waals surface area contributed by atoms with Crippen LogP contribution in [-0.2, 0) is 15.7 Å². The predicted octanol–water partition coefficient (Wildman–Crippen LogP) is 3.83. The Kier molecular flexibility index (Phi) is 5.92. The van der Waals surface area contributed by atoms with Gasteiger partial charge in [0.05, 0.1) is 19.8 Å². The molecule has 0 atom stereocenters. The zero-order chi connectivity index (χ0) is 21.1. The summed E-state index contributed by atoms with van der Waals surface area (Å²) in [4.78, 5) is 22.0. The number of carbonyl (C=O) groups is 2. The summed E-state index contributed by atoms with van der Waals surface area (Å²) in [5, 5.41) is 19.7. The van der Waals surface area contributed by atoms with E-state index in [1.807, 2.05) is 0 Å². The Morgan fingerprint density at radius 3 is 2.39 bits per heavy atom. The highest BCUT2D eigenvalue weighted by molar-refractivity contribution is 6.35. The average molecular weight is 396 g/mol. The molecule has 3 N–H and O–H groups in total. The van der Waals surface area contributed by atoms with Crippen LogP contribution in [-0.4, -0.2) is 37.4 Å². The van der Waals surface area contributed by atoms with Gasteiger partial charge < -0.3 is 14.6 Å². The number of rotatable bonds is 5. The molecule has 0 aliphatic carbocycles. The molecule has 0 spiro atoms. The Bertz CT molecular complexity index is 942. The maximum atomic E-state index is 13.6. The maximum absolute atomic E-state index is 13.6. The fourth-order valence-electron chi connectivity index (χ4n) is 2.49. The van der Waals surface area contributed by atoms with Gasteiger partial charge in [-0.2, -0.15) is 13.2 Å². The van der Waals surface area contributed by atoms with Crippen molar-refractivity contribution >= 4 is 23.8 Å². The van der Waals surface area contributed by atoms with E-state index >= 15 is 0 Å². The second kappa shape index (κ2) is 7.99. The Labute approximate surface area is 157 Å². The Balaban J connectivity index is 2.69. The number of anilines is 1. The SMILES string of the molecule is COC(=O)Nc1ccc(-c2cc(O)c(C(=N)C=O)cc2OC)c(C(F)(F)F)c1. The first-order valence-corrected chi connectivity index (χ1v) is 7.64. The Morgan fingerprint density at radius 2 is 1.86 bits per heavy atom. The van der Waals surface area contributed by atoms with E-state index in [9.17, 15) is 27.9 Å². The van der Waals surface area contributed by atoms with Gasteiger partial charge in [0.2, 0.25) is 0 Å². The van der Waals surface area contributed by atoms with Gasteiger partial charge in [0.15, 0.2) is 6.29 Å². The van der Waals surface area contributed by atoms with Crippen LogP contribution in [0.25, 0.3) is 11.1 Å². The highest BCUT2D eigenvalue weighted by atomic mass is 19.4. The van der Waals surface area contributed by atoms with Crippen molar-refractivity contribution < 1.29 is 37.3 Å². The number of nitrogens with one attached hydrogen (secondary N) is 2. The van der Waals surface area contributed by atoms with E-state index < -0.39 is 29.3 Å². The molecule has 0 saturated heterocycles. The van der Waals surface area contributed by atoms with Crippen LogP contribution in [0.1, 0.15) is 11.1 Å². The zero-order valence-corrected chi connectivity index (χ0v) is 14.7. The summed E-state index contributed by atoms with van der Waals surface area (Å²) < 4.78 is 50.3. The monoisotopic (exact) mass is 396 g/mol. The van der Waals surface area contributed by atoms with E-state index in [4.69, 9.17) is 10.1 Å². The van der Waals surface area contributed by atoms with Crippen molar-refractivity contribution in [3.63, 3.8) is 0 Å². The number of hydrogen-bond acceptors (Lipinski definition) is 6. The quantitative estimate of drug-likeness (QED) is 0.526. The lowest BCUT2D eigenvalue weighted by Gasteiger charge is -2.18. The summed E-state index contributed by atoms with van der Waals surface area (Å²) >= 11 is 0. The molecule has 0 aliphatic rings. The lowest BCUT2D eigenvalue weighted by atomic mass is 9.95. The van der Waals surface area contributed by atoms with Gasteiger partial charge in [-0.1, -0.05) is 6.07 Å². The number of hydrogen-bond donors (Lipinski definition) is 3. The van der Waals surface area contributed by atoms with E-state index in [2.05, 4.69) is 10.1 Å². The lowest BCUT2D eigenvalue weighted by Crippen LogP contribution is -2.13. The first kappa shape index (κ1) is 20.7. The van der Waals surface area contributed by atoms with Gasteiger partial charge in [-0.15, -0.1) is 0 Å². The molecule has 0 fully saturated rings. The minimum absolute atomic E-state index is 0.0847. The van der Waals surface area contributed by atoms with Gasteiger partial charge in [-0.3, -0.25) is 15.5 Å². The number of phenolic OH excluding ortho intramolecular Hbond substituents is 1. The van der Waals surface area contributed by atoms with Gasteiger partial charge in [-0.05, 0) is 29.8 Å². The minimum Gasteiger partial charge on any atom is -0.507 e. The van der Waals surface area contributed by atoms with Gasteiger partial charge in [0, 0.05) is 16.8 Å². The third-order valence-electron chi connectivity index (χ3n) is 3.77. The van der Waals surface area contributed by atoms with Gasteiger partial charge >= 0.3 is 12.3 Å². The summed E-state index contributed by atoms with van der Waals surface area (Å²) in [6, 6.07) is 5.10. The van der Waals surface area contributed by atoms with Crippen LogP contribution in [0.2, 0.25) is 0 Å². The number of phenols is 1. The van der Waals surface area contributed by atoms with Crippen LogP contribution in [0.5, 0.6) is 11.5 Å². The second-order valence-electron chi connectivity index (χ2n) is 5.48. The standard InChI is InChI=1S/C18H15F3N2O5/c1-27-16-7-12(14(22)8-24)15(25)6-11(16)10-4-3-9(23-17(26)28-2)5-13(10)18(19,20)21/h3-8,22,25H,1-2H3,(H,23,26). The van der Waals surface area contributed by atoms with Gasteiger partial charge in [0.25, 0.3) is 0 Å². The third kappa shape index (κ3) is 4.22. The molecule has 0 unspecified atom stereocenters. The second-order valence-corrected chi connectivity index (χ2v) is 5.48. The van der Waals surface area contributed by atoms with E-state index in [0.717, 1.165) is 25.3 Å². The minimum atomic E-state index is -4.79. The molecular formula is C18H15F3N2O5. The van der Waals surface area contributed by atoms with Crippen molar-refractivity contribution in [3.8, 4) is 22.6 Å². The molecular weight excluding hydrogens is 381 g/mol. The van der Waals surface area contributed by atoms with Crippen molar-refractivity contribution in [1.29, 1.82) is 5.41 Å². The average Bonchev–Trinajstić information content (AvgIpc) is 2.66. The number of methoxy groups -OCH3 is 2. The fraction of sp³-hybridized carbons (Fsp3) is 0.167. The van der Waals surface area contributed by atoms with E-state index in [1.165, 1.54) is 13.2 Å². The molecule has 0 saturated carbocycles. The molecule has 2 rings (SSSR count). The van der Waals surface area contributed by atoms with Crippen LogP contribution < -0.4 is 10.1 Å². The molecule has 0 heterocycles. The number of alkyl halides is 3. The summed E-state index contributed by atoms with van der Waals surface area (Å²) in [5.41, 5.74) is -2.44.